The maximum atomic E-state index is 13.7. The van der Waals surface area contributed by atoms with E-state index in [1.807, 2.05) is 20.8 Å². The first-order valence-corrected chi connectivity index (χ1v) is 11.1. The topological polar surface area (TPSA) is 95.1 Å². The Labute approximate surface area is 185 Å². The van der Waals surface area contributed by atoms with Crippen LogP contribution in [0.4, 0.5) is 4.39 Å². The third-order valence-electron chi connectivity index (χ3n) is 3.90. The number of amides is 2. The van der Waals surface area contributed by atoms with Gasteiger partial charge in [0.05, 0.1) is 52.3 Å². The molecule has 2 atom stereocenters. The van der Waals surface area contributed by atoms with Crippen LogP contribution in [0, 0.1) is 5.92 Å². The molecule has 2 amide bonds. The molecule has 0 fully saturated rings. The van der Waals surface area contributed by atoms with E-state index < -0.39 is 6.17 Å². The van der Waals surface area contributed by atoms with Gasteiger partial charge in [-0.2, -0.15) is 12.6 Å². The van der Waals surface area contributed by atoms with Crippen molar-refractivity contribution in [3.8, 4) is 0 Å². The number of alkyl halides is 1. The van der Waals surface area contributed by atoms with Gasteiger partial charge in [0, 0.05) is 12.5 Å². The molecule has 178 valence electrons. The van der Waals surface area contributed by atoms with E-state index in [1.54, 1.807) is 0 Å². The quantitative estimate of drug-likeness (QED) is 0.190. The molecule has 0 aliphatic carbocycles. The SMILES string of the molecule is CC(C)OCC(=O)NCCOCCOCCOCC(F)CNC(=O)C(C)CCCS. The second-order valence-corrected chi connectivity index (χ2v) is 7.57. The molecule has 0 aliphatic rings. The molecule has 0 aromatic heterocycles. The second-order valence-electron chi connectivity index (χ2n) is 7.12. The minimum absolute atomic E-state index is 0.0200. The van der Waals surface area contributed by atoms with Crippen LogP contribution in [0.3, 0.4) is 0 Å². The van der Waals surface area contributed by atoms with Gasteiger partial charge in [-0.15, -0.1) is 0 Å². The molecule has 2 unspecified atom stereocenters. The van der Waals surface area contributed by atoms with Gasteiger partial charge in [0.15, 0.2) is 0 Å². The van der Waals surface area contributed by atoms with Crippen molar-refractivity contribution in [2.24, 2.45) is 5.92 Å². The molecule has 10 heteroatoms. The number of carbonyl (C=O) groups is 2. The lowest BCUT2D eigenvalue weighted by Crippen LogP contribution is -2.35. The van der Waals surface area contributed by atoms with E-state index in [-0.39, 0.29) is 50.2 Å². The van der Waals surface area contributed by atoms with E-state index in [1.165, 1.54) is 0 Å². The molecule has 30 heavy (non-hydrogen) atoms. The van der Waals surface area contributed by atoms with Gasteiger partial charge in [-0.1, -0.05) is 6.92 Å². The first-order chi connectivity index (χ1) is 14.4. The molecule has 0 aliphatic heterocycles. The van der Waals surface area contributed by atoms with Crippen LogP contribution in [-0.4, -0.2) is 89.2 Å². The third-order valence-corrected chi connectivity index (χ3v) is 4.22. The van der Waals surface area contributed by atoms with E-state index in [0.29, 0.717) is 33.0 Å². The van der Waals surface area contributed by atoms with Crippen molar-refractivity contribution in [3.63, 3.8) is 0 Å². The number of hydrogen-bond acceptors (Lipinski definition) is 7. The van der Waals surface area contributed by atoms with E-state index in [0.717, 1.165) is 18.6 Å². The third kappa shape index (κ3) is 19.0. The van der Waals surface area contributed by atoms with Gasteiger partial charge in [0.25, 0.3) is 0 Å². The summed E-state index contributed by atoms with van der Waals surface area (Å²) in [6.07, 6.45) is 0.364. The lowest BCUT2D eigenvalue weighted by molar-refractivity contribution is -0.127. The van der Waals surface area contributed by atoms with Crippen LogP contribution in [0.25, 0.3) is 0 Å². The number of thiol groups is 1. The highest BCUT2D eigenvalue weighted by Gasteiger charge is 2.14. The lowest BCUT2D eigenvalue weighted by atomic mass is 10.1. The molecule has 0 bridgehead atoms. The molecule has 0 aromatic rings. The first kappa shape index (κ1) is 29.1. The summed E-state index contributed by atoms with van der Waals surface area (Å²) in [7, 11) is 0. The Hall–Kier alpha value is -0.940. The largest absolute Gasteiger partial charge is 0.377 e. The Morgan fingerprint density at radius 3 is 2.23 bits per heavy atom. The highest BCUT2D eigenvalue weighted by Crippen LogP contribution is 2.06. The van der Waals surface area contributed by atoms with Crippen molar-refractivity contribution in [3.05, 3.63) is 0 Å². The number of nitrogens with one attached hydrogen (secondary N) is 2. The van der Waals surface area contributed by atoms with Gasteiger partial charge in [-0.25, -0.2) is 4.39 Å². The van der Waals surface area contributed by atoms with E-state index in [2.05, 4.69) is 23.3 Å². The average Bonchev–Trinajstić information content (AvgIpc) is 2.72. The molecule has 0 heterocycles. The zero-order valence-electron chi connectivity index (χ0n) is 18.5. The molecule has 0 saturated heterocycles. The van der Waals surface area contributed by atoms with Gasteiger partial charge in [-0.05, 0) is 32.4 Å². The van der Waals surface area contributed by atoms with Crippen LogP contribution in [0.1, 0.15) is 33.6 Å². The molecular formula is C20H39FN2O6S. The summed E-state index contributed by atoms with van der Waals surface area (Å²) < 4.78 is 34.7. The van der Waals surface area contributed by atoms with E-state index >= 15 is 0 Å². The molecule has 0 radical (unpaired) electrons. The molecule has 0 rings (SSSR count). The Bertz CT molecular complexity index is 446. The highest BCUT2D eigenvalue weighted by molar-refractivity contribution is 7.80. The molecular weight excluding hydrogens is 415 g/mol. The molecule has 8 nitrogen and oxygen atoms in total. The number of halogens is 1. The standard InChI is InChI=1S/C20H39FN2O6S/c1-16(2)29-15-19(24)22-6-7-26-8-9-27-10-11-28-14-18(21)13-23-20(25)17(3)5-4-12-30/h16-18,30H,4-15H2,1-3H3,(H,22,24)(H,23,25). The van der Waals surface area contributed by atoms with Crippen LogP contribution in [0.15, 0.2) is 0 Å². The predicted octanol–water partition coefficient (Wildman–Crippen LogP) is 1.38. The van der Waals surface area contributed by atoms with Crippen LogP contribution in [-0.2, 0) is 28.5 Å². The van der Waals surface area contributed by atoms with Gasteiger partial charge in [0.2, 0.25) is 11.8 Å². The van der Waals surface area contributed by atoms with Crippen molar-refractivity contribution < 1.29 is 32.9 Å². The zero-order chi connectivity index (χ0) is 22.6. The summed E-state index contributed by atoms with van der Waals surface area (Å²) in [5, 5.41) is 5.28. The summed E-state index contributed by atoms with van der Waals surface area (Å²) in [6, 6.07) is 0. The fourth-order valence-corrected chi connectivity index (χ4v) is 2.36. The summed E-state index contributed by atoms with van der Waals surface area (Å²) >= 11 is 4.11. The van der Waals surface area contributed by atoms with E-state index in [4.69, 9.17) is 18.9 Å². The number of carbonyl (C=O) groups excluding carboxylic acids is 2. The van der Waals surface area contributed by atoms with Gasteiger partial charge < -0.3 is 29.6 Å². The predicted molar refractivity (Wildman–Crippen MR) is 117 cm³/mol. The molecule has 0 spiro atoms. The Morgan fingerprint density at radius 1 is 0.967 bits per heavy atom. The monoisotopic (exact) mass is 454 g/mol. The first-order valence-electron chi connectivity index (χ1n) is 10.5. The van der Waals surface area contributed by atoms with Crippen molar-refractivity contribution in [2.75, 3.05) is 65.1 Å². The van der Waals surface area contributed by atoms with Crippen LogP contribution >= 0.6 is 12.6 Å². The van der Waals surface area contributed by atoms with Gasteiger partial charge in [0.1, 0.15) is 12.8 Å². The maximum absolute atomic E-state index is 13.7. The Morgan fingerprint density at radius 2 is 1.60 bits per heavy atom. The van der Waals surface area contributed by atoms with Crippen LogP contribution < -0.4 is 10.6 Å². The number of hydrogen-bond donors (Lipinski definition) is 3. The summed E-state index contributed by atoms with van der Waals surface area (Å²) in [5.41, 5.74) is 0. The second kappa shape index (κ2) is 20.0. The van der Waals surface area contributed by atoms with E-state index in [9.17, 15) is 14.0 Å². The highest BCUT2D eigenvalue weighted by atomic mass is 32.1. The normalized spacial score (nSPS) is 13.3. The van der Waals surface area contributed by atoms with Gasteiger partial charge >= 0.3 is 0 Å². The van der Waals surface area contributed by atoms with Crippen molar-refractivity contribution in [2.45, 2.75) is 45.9 Å². The van der Waals surface area contributed by atoms with Crippen molar-refractivity contribution >= 4 is 24.4 Å². The lowest BCUT2D eigenvalue weighted by Gasteiger charge is -2.14. The fourth-order valence-electron chi connectivity index (χ4n) is 2.18. The smallest absolute Gasteiger partial charge is 0.246 e. The Kier molecular flexibility index (Phi) is 19.4. The van der Waals surface area contributed by atoms with Crippen molar-refractivity contribution in [1.29, 1.82) is 0 Å². The van der Waals surface area contributed by atoms with Crippen molar-refractivity contribution in [1.82, 2.24) is 10.6 Å². The summed E-state index contributed by atoms with van der Waals surface area (Å²) in [6.45, 7) is 7.60. The molecule has 0 saturated carbocycles. The van der Waals surface area contributed by atoms with Gasteiger partial charge in [-0.3, -0.25) is 9.59 Å². The average molecular weight is 455 g/mol. The zero-order valence-corrected chi connectivity index (χ0v) is 19.4. The summed E-state index contributed by atoms with van der Waals surface area (Å²) in [5.74, 6) is 0.273. The number of ether oxygens (including phenoxy) is 4. The number of rotatable bonds is 20. The molecule has 0 aromatic carbocycles. The summed E-state index contributed by atoms with van der Waals surface area (Å²) in [4.78, 5) is 23.2. The minimum atomic E-state index is -1.25. The van der Waals surface area contributed by atoms with Crippen LogP contribution in [0.2, 0.25) is 0 Å². The minimum Gasteiger partial charge on any atom is -0.377 e. The van der Waals surface area contributed by atoms with Crippen LogP contribution in [0.5, 0.6) is 0 Å². The fraction of sp³-hybridized carbons (Fsp3) is 0.900. The Balaban J connectivity index is 3.41. The maximum Gasteiger partial charge on any atom is 0.246 e. The molecule has 2 N–H and O–H groups in total.